The number of benzene rings is 3. The van der Waals surface area contributed by atoms with Gasteiger partial charge in [0, 0.05) is 36.8 Å². The SMILES string of the molecule is COc1ccc(-c2cc(=Nc3ccc(N(C)C)cc3)c3c(C)cc(C)cc3o2)cc1. The fourth-order valence-corrected chi connectivity index (χ4v) is 3.63. The van der Waals surface area contributed by atoms with E-state index in [2.05, 4.69) is 43.0 Å². The number of ether oxygens (including phenoxy) is 1. The zero-order chi connectivity index (χ0) is 21.3. The van der Waals surface area contributed by atoms with E-state index in [0.717, 1.165) is 55.9 Å². The van der Waals surface area contributed by atoms with Crippen molar-refractivity contribution in [2.24, 2.45) is 4.99 Å². The number of aryl methyl sites for hydroxylation is 2. The summed E-state index contributed by atoms with van der Waals surface area (Å²) in [6.45, 7) is 4.19. The molecule has 0 saturated carbocycles. The van der Waals surface area contributed by atoms with E-state index in [0.29, 0.717) is 0 Å². The molecular formula is C26H26N2O2. The lowest BCUT2D eigenvalue weighted by atomic mass is 10.0. The molecular weight excluding hydrogens is 372 g/mol. The van der Waals surface area contributed by atoms with E-state index in [-0.39, 0.29) is 0 Å². The van der Waals surface area contributed by atoms with Gasteiger partial charge in [-0.05, 0) is 79.6 Å². The fourth-order valence-electron chi connectivity index (χ4n) is 3.63. The molecule has 0 unspecified atom stereocenters. The first-order chi connectivity index (χ1) is 14.4. The highest BCUT2D eigenvalue weighted by atomic mass is 16.5. The van der Waals surface area contributed by atoms with Crippen LogP contribution in [-0.4, -0.2) is 21.2 Å². The van der Waals surface area contributed by atoms with E-state index >= 15 is 0 Å². The number of hydrogen-bond acceptors (Lipinski definition) is 4. The Morgan fingerprint density at radius 1 is 0.867 bits per heavy atom. The van der Waals surface area contributed by atoms with Gasteiger partial charge in [-0.15, -0.1) is 0 Å². The van der Waals surface area contributed by atoms with Crippen LogP contribution in [0.5, 0.6) is 5.75 Å². The average Bonchev–Trinajstić information content (AvgIpc) is 2.73. The molecule has 0 bridgehead atoms. The maximum absolute atomic E-state index is 6.30. The molecule has 0 spiro atoms. The first kappa shape index (κ1) is 19.8. The second-order valence-corrected chi connectivity index (χ2v) is 7.70. The Morgan fingerprint density at radius 2 is 1.57 bits per heavy atom. The van der Waals surface area contributed by atoms with Gasteiger partial charge in [0.2, 0.25) is 0 Å². The maximum Gasteiger partial charge on any atom is 0.137 e. The summed E-state index contributed by atoms with van der Waals surface area (Å²) < 4.78 is 11.6. The molecule has 0 aliphatic carbocycles. The molecule has 0 radical (unpaired) electrons. The Bertz CT molecular complexity index is 1250. The van der Waals surface area contributed by atoms with Gasteiger partial charge in [-0.1, -0.05) is 6.07 Å². The van der Waals surface area contributed by atoms with E-state index in [1.54, 1.807) is 7.11 Å². The summed E-state index contributed by atoms with van der Waals surface area (Å²) in [5.41, 5.74) is 6.19. The van der Waals surface area contributed by atoms with Crippen LogP contribution < -0.4 is 15.0 Å². The van der Waals surface area contributed by atoms with Crippen LogP contribution in [0.2, 0.25) is 0 Å². The molecule has 0 aliphatic heterocycles. The molecule has 0 aliphatic rings. The molecule has 4 heteroatoms. The Balaban J connectivity index is 1.93. The third-order valence-corrected chi connectivity index (χ3v) is 5.18. The molecule has 152 valence electrons. The van der Waals surface area contributed by atoms with Crippen molar-refractivity contribution in [1.29, 1.82) is 0 Å². The summed E-state index contributed by atoms with van der Waals surface area (Å²) in [4.78, 5) is 7.06. The highest BCUT2D eigenvalue weighted by Crippen LogP contribution is 2.27. The van der Waals surface area contributed by atoms with Crippen LogP contribution in [0.3, 0.4) is 0 Å². The van der Waals surface area contributed by atoms with Gasteiger partial charge in [-0.2, -0.15) is 0 Å². The zero-order valence-corrected chi connectivity index (χ0v) is 18.1. The smallest absolute Gasteiger partial charge is 0.137 e. The topological polar surface area (TPSA) is 38.0 Å². The number of anilines is 1. The van der Waals surface area contributed by atoms with Crippen molar-refractivity contribution < 1.29 is 9.15 Å². The quantitative estimate of drug-likeness (QED) is 0.422. The van der Waals surface area contributed by atoms with Gasteiger partial charge < -0.3 is 14.1 Å². The number of methoxy groups -OCH3 is 1. The van der Waals surface area contributed by atoms with Gasteiger partial charge >= 0.3 is 0 Å². The molecule has 3 aromatic carbocycles. The lowest BCUT2D eigenvalue weighted by molar-refractivity contribution is 0.415. The minimum Gasteiger partial charge on any atom is -0.497 e. The monoisotopic (exact) mass is 398 g/mol. The van der Waals surface area contributed by atoms with Crippen LogP contribution in [-0.2, 0) is 0 Å². The highest BCUT2D eigenvalue weighted by Gasteiger charge is 2.10. The summed E-state index contributed by atoms with van der Waals surface area (Å²) in [6.07, 6.45) is 0. The molecule has 0 atom stereocenters. The molecule has 0 fully saturated rings. The maximum atomic E-state index is 6.30. The Kier molecular flexibility index (Phi) is 5.32. The van der Waals surface area contributed by atoms with Crippen LogP contribution in [0.25, 0.3) is 22.3 Å². The van der Waals surface area contributed by atoms with Crippen molar-refractivity contribution in [2.75, 3.05) is 26.1 Å². The molecule has 4 nitrogen and oxygen atoms in total. The van der Waals surface area contributed by atoms with Crippen LogP contribution in [0, 0.1) is 13.8 Å². The molecule has 1 heterocycles. The van der Waals surface area contributed by atoms with Gasteiger partial charge in [0.25, 0.3) is 0 Å². The fraction of sp³-hybridized carbons (Fsp3) is 0.192. The number of rotatable bonds is 4. The van der Waals surface area contributed by atoms with Crippen molar-refractivity contribution in [3.8, 4) is 17.1 Å². The minimum absolute atomic E-state index is 0.777. The first-order valence-corrected chi connectivity index (χ1v) is 9.96. The second-order valence-electron chi connectivity index (χ2n) is 7.70. The van der Waals surface area contributed by atoms with Crippen LogP contribution >= 0.6 is 0 Å². The third-order valence-electron chi connectivity index (χ3n) is 5.18. The molecule has 30 heavy (non-hydrogen) atoms. The first-order valence-electron chi connectivity index (χ1n) is 9.96. The van der Waals surface area contributed by atoms with E-state index in [1.165, 1.54) is 0 Å². The molecule has 0 amide bonds. The van der Waals surface area contributed by atoms with Crippen molar-refractivity contribution in [1.82, 2.24) is 0 Å². The van der Waals surface area contributed by atoms with Gasteiger partial charge in [-0.25, -0.2) is 4.99 Å². The number of nitrogens with zero attached hydrogens (tertiary/aromatic N) is 2. The summed E-state index contributed by atoms with van der Waals surface area (Å²) in [5.74, 6) is 1.59. The zero-order valence-electron chi connectivity index (χ0n) is 18.1. The average molecular weight is 399 g/mol. The number of fused-ring (bicyclic) bond motifs is 1. The predicted octanol–water partition coefficient (Wildman–Crippen LogP) is 6.02. The minimum atomic E-state index is 0.777. The standard InChI is InChI=1S/C26H26N2O2/c1-17-14-18(2)26-23(27-20-8-10-21(11-9-20)28(3)4)16-24(30-25(26)15-17)19-6-12-22(29-5)13-7-19/h6-16H,1-5H3. The Labute approximate surface area is 177 Å². The molecule has 0 N–H and O–H groups in total. The molecule has 1 aromatic heterocycles. The van der Waals surface area contributed by atoms with E-state index in [9.17, 15) is 0 Å². The molecule has 4 rings (SSSR count). The van der Waals surface area contributed by atoms with Gasteiger partial charge in [0.15, 0.2) is 0 Å². The van der Waals surface area contributed by atoms with Crippen molar-refractivity contribution in [3.05, 3.63) is 83.2 Å². The second kappa shape index (κ2) is 8.07. The van der Waals surface area contributed by atoms with Crippen molar-refractivity contribution in [3.63, 3.8) is 0 Å². The summed E-state index contributed by atoms with van der Waals surface area (Å²) in [7, 11) is 5.73. The summed E-state index contributed by atoms with van der Waals surface area (Å²) in [5, 5.41) is 1.94. The predicted molar refractivity (Wildman–Crippen MR) is 124 cm³/mol. The van der Waals surface area contributed by atoms with E-state index in [1.807, 2.05) is 56.6 Å². The van der Waals surface area contributed by atoms with Gasteiger partial charge in [0.1, 0.15) is 17.1 Å². The Hall–Kier alpha value is -3.53. The molecule has 4 aromatic rings. The van der Waals surface area contributed by atoms with Crippen molar-refractivity contribution in [2.45, 2.75) is 13.8 Å². The summed E-state index contributed by atoms with van der Waals surface area (Å²) in [6, 6.07) is 22.4. The lowest BCUT2D eigenvalue weighted by Crippen LogP contribution is -2.08. The number of hydrogen-bond donors (Lipinski definition) is 0. The normalized spacial score (nSPS) is 11.7. The van der Waals surface area contributed by atoms with Crippen LogP contribution in [0.1, 0.15) is 11.1 Å². The summed E-state index contributed by atoms with van der Waals surface area (Å²) >= 11 is 0. The Morgan fingerprint density at radius 3 is 2.20 bits per heavy atom. The van der Waals surface area contributed by atoms with E-state index < -0.39 is 0 Å². The third kappa shape index (κ3) is 3.94. The van der Waals surface area contributed by atoms with Gasteiger partial charge in [-0.3, -0.25) is 0 Å². The van der Waals surface area contributed by atoms with Gasteiger partial charge in [0.05, 0.1) is 18.2 Å². The van der Waals surface area contributed by atoms with E-state index in [4.69, 9.17) is 14.1 Å². The van der Waals surface area contributed by atoms with Crippen molar-refractivity contribution >= 4 is 22.3 Å². The van der Waals surface area contributed by atoms with Crippen LogP contribution in [0.4, 0.5) is 11.4 Å². The molecule has 0 saturated heterocycles. The highest BCUT2D eigenvalue weighted by molar-refractivity contribution is 5.82. The van der Waals surface area contributed by atoms with Crippen LogP contribution in [0.15, 0.2) is 76.1 Å². The largest absolute Gasteiger partial charge is 0.497 e. The lowest BCUT2D eigenvalue weighted by Gasteiger charge is -2.12.